The zero-order valence-electron chi connectivity index (χ0n) is 15.3. The van der Waals surface area contributed by atoms with E-state index in [4.69, 9.17) is 4.98 Å². The Hall–Kier alpha value is -2.25. The van der Waals surface area contributed by atoms with E-state index in [0.717, 1.165) is 27.5 Å². The number of benzene rings is 1. The topological polar surface area (TPSA) is 54.3 Å². The van der Waals surface area contributed by atoms with Crippen molar-refractivity contribution in [2.24, 2.45) is 7.05 Å². The lowest BCUT2D eigenvalue weighted by molar-refractivity contribution is 0.0972. The van der Waals surface area contributed by atoms with Crippen molar-refractivity contribution in [3.63, 3.8) is 0 Å². The number of amides is 1. The minimum Gasteiger partial charge on any atom is -0.330 e. The van der Waals surface area contributed by atoms with Crippen molar-refractivity contribution < 1.29 is 4.79 Å². The summed E-state index contributed by atoms with van der Waals surface area (Å²) in [6, 6.07) is 4.18. The number of hydrogen-bond donors (Lipinski definition) is 0. The van der Waals surface area contributed by atoms with Crippen LogP contribution in [0.5, 0.6) is 0 Å². The van der Waals surface area contributed by atoms with E-state index in [9.17, 15) is 4.79 Å². The van der Waals surface area contributed by atoms with E-state index in [2.05, 4.69) is 35.9 Å². The molecule has 0 fully saturated rings. The molecule has 1 amide bonds. The summed E-state index contributed by atoms with van der Waals surface area (Å²) in [6.45, 7) is 5.48. The average Bonchev–Trinajstić information content (AvgIpc) is 3.17. The molecule has 2 heterocycles. The van der Waals surface area contributed by atoms with Gasteiger partial charge in [-0.2, -0.15) is 0 Å². The quantitative estimate of drug-likeness (QED) is 0.705. The van der Waals surface area contributed by atoms with Crippen molar-refractivity contribution in [3.8, 4) is 0 Å². The molecule has 6 nitrogen and oxygen atoms in total. The number of carbonyl (C=O) groups excluding carboxylic acids is 1. The van der Waals surface area contributed by atoms with Crippen LogP contribution in [0.3, 0.4) is 0 Å². The second-order valence-corrected chi connectivity index (χ2v) is 7.48. The Kier molecular flexibility index (Phi) is 4.87. The van der Waals surface area contributed by atoms with E-state index in [1.165, 1.54) is 5.56 Å². The summed E-state index contributed by atoms with van der Waals surface area (Å²) in [5.74, 6) is 0.300. The summed E-state index contributed by atoms with van der Waals surface area (Å²) in [5.41, 5.74) is 3.35. The summed E-state index contributed by atoms with van der Waals surface area (Å²) in [4.78, 5) is 25.8. The van der Waals surface area contributed by atoms with Crippen LogP contribution in [-0.2, 0) is 7.05 Å². The van der Waals surface area contributed by atoms with Gasteiger partial charge in [0.25, 0.3) is 5.91 Å². The highest BCUT2D eigenvalue weighted by Crippen LogP contribution is 2.32. The van der Waals surface area contributed by atoms with Crippen molar-refractivity contribution in [2.45, 2.75) is 13.8 Å². The van der Waals surface area contributed by atoms with Crippen molar-refractivity contribution in [1.29, 1.82) is 0 Å². The average molecular weight is 357 g/mol. The summed E-state index contributed by atoms with van der Waals surface area (Å²) >= 11 is 1.55. The number of anilines is 1. The number of likely N-dealkylation sites (N-methyl/N-ethyl adjacent to an activating group) is 1. The maximum atomic E-state index is 13.1. The molecular weight excluding hydrogens is 334 g/mol. The van der Waals surface area contributed by atoms with Crippen LogP contribution in [0.15, 0.2) is 24.5 Å². The molecule has 3 rings (SSSR count). The third kappa shape index (κ3) is 3.43. The van der Waals surface area contributed by atoms with Gasteiger partial charge >= 0.3 is 0 Å². The van der Waals surface area contributed by atoms with Crippen LogP contribution in [0.2, 0.25) is 0 Å². The largest absolute Gasteiger partial charge is 0.330 e. The van der Waals surface area contributed by atoms with Gasteiger partial charge < -0.3 is 9.47 Å². The molecule has 1 aromatic carbocycles. The van der Waals surface area contributed by atoms with Gasteiger partial charge in [0.1, 0.15) is 0 Å². The first-order valence-electron chi connectivity index (χ1n) is 8.19. The Labute approximate surface area is 151 Å². The zero-order valence-corrected chi connectivity index (χ0v) is 16.1. The van der Waals surface area contributed by atoms with Crippen LogP contribution in [0.25, 0.3) is 10.2 Å². The van der Waals surface area contributed by atoms with Gasteiger partial charge in [0.2, 0.25) is 0 Å². The number of rotatable bonds is 5. The van der Waals surface area contributed by atoms with Gasteiger partial charge in [-0.3, -0.25) is 9.69 Å². The Bertz CT molecular complexity index is 911. The lowest BCUT2D eigenvalue weighted by Crippen LogP contribution is -2.38. The number of imidazole rings is 1. The molecule has 0 aliphatic rings. The van der Waals surface area contributed by atoms with Gasteiger partial charge in [0.05, 0.1) is 10.2 Å². The van der Waals surface area contributed by atoms with E-state index in [1.54, 1.807) is 33.2 Å². The molecular formula is C18H23N5OS. The summed E-state index contributed by atoms with van der Waals surface area (Å²) in [6.07, 6.45) is 3.42. The predicted octanol–water partition coefficient (Wildman–Crippen LogP) is 2.86. The van der Waals surface area contributed by atoms with Gasteiger partial charge in [-0.15, -0.1) is 0 Å². The minimum absolute atomic E-state index is 0.122. The summed E-state index contributed by atoms with van der Waals surface area (Å²) < 4.78 is 2.84. The molecule has 0 radical (unpaired) electrons. The van der Waals surface area contributed by atoms with E-state index in [-0.39, 0.29) is 5.91 Å². The summed E-state index contributed by atoms with van der Waals surface area (Å²) in [7, 11) is 5.82. The summed E-state index contributed by atoms with van der Waals surface area (Å²) in [5, 5.41) is 0.721. The molecule has 0 N–H and O–H groups in total. The molecule has 132 valence electrons. The van der Waals surface area contributed by atoms with E-state index < -0.39 is 0 Å². The Morgan fingerprint density at radius 2 is 2.00 bits per heavy atom. The molecule has 0 saturated carbocycles. The van der Waals surface area contributed by atoms with Crippen LogP contribution in [0.1, 0.15) is 21.7 Å². The van der Waals surface area contributed by atoms with Crippen molar-refractivity contribution in [2.75, 3.05) is 32.1 Å². The highest BCUT2D eigenvalue weighted by molar-refractivity contribution is 7.22. The van der Waals surface area contributed by atoms with E-state index in [0.29, 0.717) is 12.4 Å². The number of thiazole rings is 1. The highest BCUT2D eigenvalue weighted by Gasteiger charge is 2.24. The van der Waals surface area contributed by atoms with Gasteiger partial charge in [0.15, 0.2) is 11.0 Å². The number of carbonyl (C=O) groups is 1. The fourth-order valence-corrected chi connectivity index (χ4v) is 3.66. The van der Waals surface area contributed by atoms with Gasteiger partial charge in [-0.05, 0) is 45.1 Å². The normalized spacial score (nSPS) is 11.4. The van der Waals surface area contributed by atoms with Gasteiger partial charge in [0, 0.05) is 32.5 Å². The first-order valence-corrected chi connectivity index (χ1v) is 9.01. The molecule has 2 aromatic heterocycles. The van der Waals surface area contributed by atoms with E-state index >= 15 is 0 Å². The molecule has 0 unspecified atom stereocenters. The van der Waals surface area contributed by atoms with Crippen LogP contribution in [0.4, 0.5) is 5.13 Å². The zero-order chi connectivity index (χ0) is 18.1. The third-order valence-electron chi connectivity index (χ3n) is 4.33. The van der Waals surface area contributed by atoms with Crippen LogP contribution >= 0.6 is 11.3 Å². The molecule has 3 aromatic rings. The maximum Gasteiger partial charge on any atom is 0.296 e. The predicted molar refractivity (Wildman–Crippen MR) is 103 cm³/mol. The lowest BCUT2D eigenvalue weighted by atomic mass is 10.1. The molecule has 0 saturated heterocycles. The smallest absolute Gasteiger partial charge is 0.296 e. The number of fused-ring (bicyclic) bond motifs is 1. The highest BCUT2D eigenvalue weighted by atomic mass is 32.1. The number of aromatic nitrogens is 3. The Morgan fingerprint density at radius 1 is 1.24 bits per heavy atom. The number of hydrogen-bond acceptors (Lipinski definition) is 5. The van der Waals surface area contributed by atoms with Crippen LogP contribution in [0, 0.1) is 13.8 Å². The Morgan fingerprint density at radius 3 is 2.64 bits per heavy atom. The molecule has 0 spiro atoms. The van der Waals surface area contributed by atoms with Crippen molar-refractivity contribution in [1.82, 2.24) is 19.4 Å². The SMILES string of the molecule is Cc1ccc2sc(N(CCN(C)C)C(=O)c3nccn3C)nc2c1C. The monoisotopic (exact) mass is 357 g/mol. The van der Waals surface area contributed by atoms with Crippen LogP contribution < -0.4 is 4.90 Å². The first kappa shape index (κ1) is 17.6. The van der Waals surface area contributed by atoms with Crippen LogP contribution in [-0.4, -0.2) is 52.5 Å². The van der Waals surface area contributed by atoms with E-state index in [1.807, 2.05) is 21.1 Å². The van der Waals surface area contributed by atoms with Crippen molar-refractivity contribution in [3.05, 3.63) is 41.5 Å². The fourth-order valence-electron chi connectivity index (χ4n) is 2.61. The molecule has 7 heteroatoms. The maximum absolute atomic E-state index is 13.1. The third-order valence-corrected chi connectivity index (χ3v) is 5.38. The number of nitrogens with zero attached hydrogens (tertiary/aromatic N) is 5. The molecule has 0 atom stereocenters. The second kappa shape index (κ2) is 6.93. The fraction of sp³-hybridized carbons (Fsp3) is 0.389. The minimum atomic E-state index is -0.122. The molecule has 0 bridgehead atoms. The van der Waals surface area contributed by atoms with Gasteiger partial charge in [-0.1, -0.05) is 17.4 Å². The van der Waals surface area contributed by atoms with Crippen molar-refractivity contribution >= 4 is 32.6 Å². The molecule has 25 heavy (non-hydrogen) atoms. The molecule has 0 aliphatic heterocycles. The molecule has 0 aliphatic carbocycles. The second-order valence-electron chi connectivity index (χ2n) is 6.47. The Balaban J connectivity index is 2.03. The number of aryl methyl sites for hydroxylation is 3. The van der Waals surface area contributed by atoms with Gasteiger partial charge in [-0.25, -0.2) is 9.97 Å². The standard InChI is InChI=1S/C18H23N5OS/c1-12-6-7-14-15(13(12)2)20-18(25-14)23(11-10-21(3)4)17(24)16-19-8-9-22(16)5/h6-9H,10-11H2,1-5H3. The first-order chi connectivity index (χ1) is 11.9. The lowest BCUT2D eigenvalue weighted by Gasteiger charge is -2.21.